The van der Waals surface area contributed by atoms with E-state index in [0.29, 0.717) is 24.3 Å². The van der Waals surface area contributed by atoms with Crippen LogP contribution in [0.5, 0.6) is 0 Å². The Bertz CT molecular complexity index is 1570. The minimum absolute atomic E-state index is 0.250. The Morgan fingerprint density at radius 3 is 2.50 bits per heavy atom. The summed E-state index contributed by atoms with van der Waals surface area (Å²) in [5, 5.41) is 3.41. The van der Waals surface area contributed by atoms with E-state index in [1.54, 1.807) is 33.3 Å². The molecule has 1 saturated heterocycles. The van der Waals surface area contributed by atoms with Gasteiger partial charge in [-0.3, -0.25) is 15.1 Å². The van der Waals surface area contributed by atoms with Crippen LogP contribution in [0.25, 0.3) is 10.9 Å². The topological polar surface area (TPSA) is 103 Å². The van der Waals surface area contributed by atoms with Crippen molar-refractivity contribution in [2.75, 3.05) is 32.6 Å². The molecule has 186 valence electrons. The van der Waals surface area contributed by atoms with Crippen molar-refractivity contribution in [1.82, 2.24) is 19.5 Å². The van der Waals surface area contributed by atoms with E-state index in [9.17, 15) is 18.0 Å². The molecule has 1 atom stereocenters. The highest BCUT2D eigenvalue weighted by molar-refractivity contribution is 7.89. The van der Waals surface area contributed by atoms with Crippen LogP contribution < -0.4 is 10.2 Å². The minimum atomic E-state index is -3.58. The van der Waals surface area contributed by atoms with E-state index in [-0.39, 0.29) is 11.9 Å². The van der Waals surface area contributed by atoms with Gasteiger partial charge in [0.05, 0.1) is 23.4 Å². The molecular formula is C26H27N5O4S. The highest BCUT2D eigenvalue weighted by Gasteiger charge is 2.54. The van der Waals surface area contributed by atoms with Gasteiger partial charge in [0.25, 0.3) is 5.91 Å². The van der Waals surface area contributed by atoms with E-state index in [4.69, 9.17) is 4.98 Å². The third-order valence-electron chi connectivity index (χ3n) is 7.79. The van der Waals surface area contributed by atoms with Gasteiger partial charge < -0.3 is 9.80 Å². The summed E-state index contributed by atoms with van der Waals surface area (Å²) in [5.74, 6) is -0.250. The second-order valence-electron chi connectivity index (χ2n) is 10.0. The normalized spacial score (nSPS) is 21.1. The summed E-state index contributed by atoms with van der Waals surface area (Å²) >= 11 is 0. The largest absolute Gasteiger partial charge is 0.364 e. The molecule has 2 aromatic carbocycles. The van der Waals surface area contributed by atoms with E-state index in [0.717, 1.165) is 51.9 Å². The summed E-state index contributed by atoms with van der Waals surface area (Å²) in [7, 11) is 1.18. The zero-order valence-electron chi connectivity index (χ0n) is 20.4. The summed E-state index contributed by atoms with van der Waals surface area (Å²) in [6, 6.07) is 13.2. The summed E-state index contributed by atoms with van der Waals surface area (Å²) in [4.78, 5) is 33.5. The number of nitrogens with zero attached hydrogens (tertiary/aromatic N) is 4. The van der Waals surface area contributed by atoms with E-state index >= 15 is 0 Å². The predicted molar refractivity (Wildman–Crippen MR) is 135 cm³/mol. The molecule has 3 aromatic rings. The van der Waals surface area contributed by atoms with Crippen molar-refractivity contribution >= 4 is 38.6 Å². The summed E-state index contributed by atoms with van der Waals surface area (Å²) < 4.78 is 27.2. The van der Waals surface area contributed by atoms with Gasteiger partial charge in [-0.05, 0) is 47.4 Å². The number of nitrogens with one attached hydrogen (secondary N) is 1. The Kier molecular flexibility index (Phi) is 4.94. The number of amides is 3. The monoisotopic (exact) mass is 505 g/mol. The second-order valence-corrected chi connectivity index (χ2v) is 12.2. The summed E-state index contributed by atoms with van der Waals surface area (Å²) in [6.07, 6.45) is 1.73. The van der Waals surface area contributed by atoms with Crippen molar-refractivity contribution < 1.29 is 18.0 Å². The van der Waals surface area contributed by atoms with Crippen LogP contribution in [-0.4, -0.2) is 67.8 Å². The van der Waals surface area contributed by atoms with Crippen molar-refractivity contribution in [2.45, 2.75) is 36.2 Å². The second kappa shape index (κ2) is 7.75. The molecule has 1 aliphatic carbocycles. The van der Waals surface area contributed by atoms with Crippen molar-refractivity contribution in [3.05, 3.63) is 64.8 Å². The maximum absolute atomic E-state index is 13.0. The van der Waals surface area contributed by atoms with E-state index in [1.807, 2.05) is 24.3 Å². The van der Waals surface area contributed by atoms with Crippen molar-refractivity contribution in [1.29, 1.82) is 0 Å². The Labute approximate surface area is 209 Å². The van der Waals surface area contributed by atoms with Gasteiger partial charge in [0.15, 0.2) is 0 Å². The Hall–Kier alpha value is -3.50. The number of hydrogen-bond donors (Lipinski definition) is 1. The third-order valence-corrected chi connectivity index (χ3v) is 9.63. The lowest BCUT2D eigenvalue weighted by Gasteiger charge is -2.27. The third kappa shape index (κ3) is 3.24. The quantitative estimate of drug-likeness (QED) is 0.545. The standard InChI is InChI=1S/C26H27N5O4S/c1-29(2)36(34,35)22-6-4-5-16-9-10-31(23(16)22)15-20-8-7-17-11-18-13-26(14-19(18)12-21(17)27-20)24(32)28-25(33)30(26)3/h4-8,11-12H,9-10,13-15H2,1-3H3,(H,28,32,33). The van der Waals surface area contributed by atoms with Crippen LogP contribution in [-0.2, 0) is 40.6 Å². The molecule has 1 aromatic heterocycles. The summed E-state index contributed by atoms with van der Waals surface area (Å²) in [5.41, 5.74) is 4.65. The smallest absolute Gasteiger partial charge is 0.324 e. The first-order valence-electron chi connectivity index (χ1n) is 11.9. The molecule has 1 unspecified atom stereocenters. The fraction of sp³-hybridized carbons (Fsp3) is 0.346. The first kappa shape index (κ1) is 22.9. The number of pyridine rings is 1. The number of anilines is 1. The average molecular weight is 506 g/mol. The van der Waals surface area contributed by atoms with Crippen LogP contribution in [0.15, 0.2) is 47.4 Å². The van der Waals surface area contributed by atoms with Crippen molar-refractivity contribution in [3.63, 3.8) is 0 Å². The molecule has 36 heavy (non-hydrogen) atoms. The number of urea groups is 1. The minimum Gasteiger partial charge on any atom is -0.364 e. The lowest BCUT2D eigenvalue weighted by molar-refractivity contribution is -0.125. The van der Waals surface area contributed by atoms with Gasteiger partial charge in [0.2, 0.25) is 10.0 Å². The zero-order valence-corrected chi connectivity index (χ0v) is 21.2. The fourth-order valence-corrected chi connectivity index (χ4v) is 6.86. The van der Waals surface area contributed by atoms with E-state index in [2.05, 4.69) is 16.3 Å². The summed E-state index contributed by atoms with van der Waals surface area (Å²) in [6.45, 7) is 1.21. The van der Waals surface area contributed by atoms with Crippen LogP contribution >= 0.6 is 0 Å². The van der Waals surface area contributed by atoms with Crippen molar-refractivity contribution in [2.24, 2.45) is 0 Å². The molecule has 2 aliphatic heterocycles. The number of carbonyl (C=O) groups is 2. The Morgan fingerprint density at radius 2 is 1.81 bits per heavy atom. The molecule has 1 fully saturated rings. The number of hydrogen-bond acceptors (Lipinski definition) is 6. The highest BCUT2D eigenvalue weighted by atomic mass is 32.2. The molecule has 6 rings (SSSR count). The number of imide groups is 1. The van der Waals surface area contributed by atoms with E-state index < -0.39 is 15.6 Å². The number of para-hydroxylation sites is 1. The van der Waals surface area contributed by atoms with Gasteiger partial charge in [0, 0.05) is 45.9 Å². The highest BCUT2D eigenvalue weighted by Crippen LogP contribution is 2.39. The first-order chi connectivity index (χ1) is 17.1. The van der Waals surface area contributed by atoms with E-state index in [1.165, 1.54) is 9.21 Å². The molecule has 0 radical (unpaired) electrons. The number of aromatic nitrogens is 1. The molecule has 1 N–H and O–H groups in total. The zero-order chi connectivity index (χ0) is 25.4. The lowest BCUT2D eigenvalue weighted by Crippen LogP contribution is -2.48. The Morgan fingerprint density at radius 1 is 1.06 bits per heavy atom. The maximum atomic E-state index is 13.0. The van der Waals surface area contributed by atoms with Gasteiger partial charge in [-0.25, -0.2) is 17.5 Å². The maximum Gasteiger partial charge on any atom is 0.324 e. The average Bonchev–Trinajstić information content (AvgIpc) is 3.48. The molecule has 10 heteroatoms. The predicted octanol–water partition coefficient (Wildman–Crippen LogP) is 2.07. The van der Waals surface area contributed by atoms with Crippen LogP contribution in [0, 0.1) is 0 Å². The van der Waals surface area contributed by atoms with Gasteiger partial charge >= 0.3 is 6.03 Å². The van der Waals surface area contributed by atoms with Gasteiger partial charge in [-0.1, -0.05) is 18.2 Å². The molecular weight excluding hydrogens is 478 g/mol. The van der Waals surface area contributed by atoms with Crippen LogP contribution in [0.1, 0.15) is 22.4 Å². The lowest BCUT2D eigenvalue weighted by atomic mass is 9.95. The van der Waals surface area contributed by atoms with Crippen molar-refractivity contribution in [3.8, 4) is 0 Å². The van der Waals surface area contributed by atoms with Gasteiger partial charge in [-0.2, -0.15) is 0 Å². The Balaban J connectivity index is 1.33. The molecule has 3 aliphatic rings. The molecule has 0 bridgehead atoms. The van der Waals surface area contributed by atoms with Gasteiger partial charge in [0.1, 0.15) is 10.4 Å². The number of carbonyl (C=O) groups excluding carboxylic acids is 2. The SMILES string of the molecule is CN1C(=O)NC(=O)C12Cc1cc3ccc(CN4CCc5cccc(S(=O)(=O)N(C)C)c54)nc3cc1C2. The number of rotatable bonds is 4. The molecule has 0 saturated carbocycles. The number of fused-ring (bicyclic) bond motifs is 3. The molecule has 1 spiro atoms. The number of sulfonamides is 1. The molecule has 3 amide bonds. The molecule has 3 heterocycles. The van der Waals surface area contributed by atoms with Crippen LogP contribution in [0.2, 0.25) is 0 Å². The van der Waals surface area contributed by atoms with Gasteiger partial charge in [-0.15, -0.1) is 0 Å². The van der Waals surface area contributed by atoms with Crippen LogP contribution in [0.4, 0.5) is 10.5 Å². The van der Waals surface area contributed by atoms with Crippen LogP contribution in [0.3, 0.4) is 0 Å². The number of likely N-dealkylation sites (N-methyl/N-ethyl adjacent to an activating group) is 1. The molecule has 9 nitrogen and oxygen atoms in total. The first-order valence-corrected chi connectivity index (χ1v) is 13.3. The fourth-order valence-electron chi connectivity index (χ4n) is 5.71. The number of benzene rings is 2.